The number of benzene rings is 1. The zero-order valence-corrected chi connectivity index (χ0v) is 13.8. The Morgan fingerprint density at radius 2 is 2.11 bits per heavy atom. The summed E-state index contributed by atoms with van der Waals surface area (Å²) in [7, 11) is 0. The number of rotatable bonds is 6. The molecule has 0 fully saturated rings. The smallest absolute Gasteiger partial charge is 0.284 e. The highest BCUT2D eigenvalue weighted by atomic mass is 127. The van der Waals surface area contributed by atoms with Crippen LogP contribution in [-0.2, 0) is 11.2 Å². The van der Waals surface area contributed by atoms with Gasteiger partial charge >= 0.3 is 0 Å². The molecule has 0 unspecified atom stereocenters. The Kier molecular flexibility index (Phi) is 5.55. The van der Waals surface area contributed by atoms with Crippen molar-refractivity contribution in [3.63, 3.8) is 0 Å². The van der Waals surface area contributed by atoms with Crippen LogP contribution in [0.5, 0.6) is 5.75 Å². The third-order valence-corrected chi connectivity index (χ3v) is 3.87. The molecule has 0 bridgehead atoms. The van der Waals surface area contributed by atoms with Gasteiger partial charge in [0.25, 0.3) is 5.95 Å². The molecule has 0 aliphatic carbocycles. The summed E-state index contributed by atoms with van der Waals surface area (Å²) in [5.74, 6) is 1.70. The molecule has 1 heterocycles. The monoisotopic (exact) mass is 372 g/mol. The molecule has 0 N–H and O–H groups in total. The maximum absolute atomic E-state index is 5.95. The summed E-state index contributed by atoms with van der Waals surface area (Å²) in [6.07, 6.45) is 5.35. The highest BCUT2D eigenvalue weighted by Crippen LogP contribution is 2.33. The topological polar surface area (TPSA) is 18.5 Å². The molecular weight excluding hydrogens is 351 g/mol. The predicted molar refractivity (Wildman–Crippen MR) is 86.3 cm³/mol. The second-order valence-electron chi connectivity index (χ2n) is 4.87. The van der Waals surface area contributed by atoms with E-state index in [0.29, 0.717) is 0 Å². The number of hydrogen-bond acceptors (Lipinski definition) is 2. The minimum absolute atomic E-state index is 0.749. The molecule has 1 aromatic carbocycles. The molecule has 2 rings (SSSR count). The van der Waals surface area contributed by atoms with Crippen molar-refractivity contribution in [3.05, 3.63) is 38.9 Å². The number of ether oxygens (including phenoxy) is 2. The van der Waals surface area contributed by atoms with Crippen LogP contribution >= 0.6 is 22.6 Å². The first kappa shape index (κ1) is 14.7. The SMILES string of the molecule is CCCCOC1=C(CCC)Cc2cc(I)ccc2O1. The van der Waals surface area contributed by atoms with Gasteiger partial charge in [-0.2, -0.15) is 0 Å². The highest BCUT2D eigenvalue weighted by molar-refractivity contribution is 14.1. The van der Waals surface area contributed by atoms with Crippen molar-refractivity contribution in [2.24, 2.45) is 0 Å². The first-order valence-electron chi connectivity index (χ1n) is 7.05. The van der Waals surface area contributed by atoms with E-state index in [9.17, 15) is 0 Å². The van der Waals surface area contributed by atoms with Gasteiger partial charge < -0.3 is 9.47 Å². The van der Waals surface area contributed by atoms with Crippen molar-refractivity contribution in [2.45, 2.75) is 46.0 Å². The van der Waals surface area contributed by atoms with Gasteiger partial charge in [-0.1, -0.05) is 26.7 Å². The minimum atomic E-state index is 0.749. The fourth-order valence-corrected chi connectivity index (χ4v) is 2.75. The normalized spacial score (nSPS) is 14.1. The first-order valence-corrected chi connectivity index (χ1v) is 8.13. The highest BCUT2D eigenvalue weighted by Gasteiger charge is 2.20. The molecular formula is C16H21IO2. The lowest BCUT2D eigenvalue weighted by molar-refractivity contribution is 0.0942. The molecule has 0 saturated carbocycles. The van der Waals surface area contributed by atoms with Crippen LogP contribution in [0.2, 0.25) is 0 Å². The standard InChI is InChI=1S/C16H21IO2/c1-3-5-9-18-16-12(6-4-2)10-13-11-14(17)7-8-15(13)19-16/h7-8,11H,3-6,9-10H2,1-2H3. The van der Waals surface area contributed by atoms with Gasteiger partial charge in [-0.15, -0.1) is 0 Å². The van der Waals surface area contributed by atoms with Crippen LogP contribution in [0, 0.1) is 3.57 Å². The zero-order valence-electron chi connectivity index (χ0n) is 11.7. The molecule has 0 atom stereocenters. The molecule has 1 aliphatic rings. The number of halogens is 1. The van der Waals surface area contributed by atoms with Gasteiger partial charge in [0.1, 0.15) is 5.75 Å². The molecule has 1 aliphatic heterocycles. The van der Waals surface area contributed by atoms with E-state index in [1.165, 1.54) is 14.7 Å². The average molecular weight is 372 g/mol. The lowest BCUT2D eigenvalue weighted by Gasteiger charge is -2.23. The maximum atomic E-state index is 5.95. The maximum Gasteiger partial charge on any atom is 0.284 e. The van der Waals surface area contributed by atoms with Gasteiger partial charge in [0.2, 0.25) is 0 Å². The Bertz CT molecular complexity index is 466. The molecule has 0 amide bonds. The van der Waals surface area contributed by atoms with Crippen LogP contribution in [0.1, 0.15) is 45.1 Å². The lowest BCUT2D eigenvalue weighted by atomic mass is 9.99. The van der Waals surface area contributed by atoms with Crippen LogP contribution in [0.4, 0.5) is 0 Å². The fraction of sp³-hybridized carbons (Fsp3) is 0.500. The Balaban J connectivity index is 2.16. The quantitative estimate of drug-likeness (QED) is 0.514. The summed E-state index contributed by atoms with van der Waals surface area (Å²) in [4.78, 5) is 0. The predicted octanol–water partition coefficient (Wildman–Crippen LogP) is 5.05. The second kappa shape index (κ2) is 7.17. The molecule has 0 aromatic heterocycles. The van der Waals surface area contributed by atoms with E-state index in [4.69, 9.17) is 9.47 Å². The first-order chi connectivity index (χ1) is 9.24. The fourth-order valence-electron chi connectivity index (χ4n) is 2.19. The summed E-state index contributed by atoms with van der Waals surface area (Å²) in [6.45, 7) is 5.11. The van der Waals surface area contributed by atoms with Gasteiger partial charge in [0, 0.05) is 21.1 Å². The van der Waals surface area contributed by atoms with Gasteiger partial charge in [-0.25, -0.2) is 0 Å². The number of allylic oxidation sites excluding steroid dienone is 1. The molecule has 1 aromatic rings. The molecule has 19 heavy (non-hydrogen) atoms. The number of fused-ring (bicyclic) bond motifs is 1. The van der Waals surface area contributed by atoms with Crippen molar-refractivity contribution < 1.29 is 9.47 Å². The summed E-state index contributed by atoms with van der Waals surface area (Å²) in [5, 5.41) is 0. The van der Waals surface area contributed by atoms with Crippen LogP contribution in [0.3, 0.4) is 0 Å². The van der Waals surface area contributed by atoms with E-state index in [2.05, 4.69) is 48.6 Å². The van der Waals surface area contributed by atoms with Crippen molar-refractivity contribution in [2.75, 3.05) is 6.61 Å². The Morgan fingerprint density at radius 1 is 1.26 bits per heavy atom. The molecule has 2 nitrogen and oxygen atoms in total. The van der Waals surface area contributed by atoms with Crippen LogP contribution in [0.15, 0.2) is 29.7 Å². The van der Waals surface area contributed by atoms with E-state index in [0.717, 1.165) is 50.4 Å². The van der Waals surface area contributed by atoms with E-state index in [1.807, 2.05) is 6.07 Å². The third-order valence-electron chi connectivity index (χ3n) is 3.20. The largest absolute Gasteiger partial charge is 0.465 e. The van der Waals surface area contributed by atoms with Crippen molar-refractivity contribution in [1.82, 2.24) is 0 Å². The van der Waals surface area contributed by atoms with Crippen molar-refractivity contribution in [3.8, 4) is 5.75 Å². The van der Waals surface area contributed by atoms with E-state index in [1.54, 1.807) is 0 Å². The second-order valence-corrected chi connectivity index (χ2v) is 6.12. The zero-order chi connectivity index (χ0) is 13.7. The van der Waals surface area contributed by atoms with E-state index in [-0.39, 0.29) is 0 Å². The van der Waals surface area contributed by atoms with Gasteiger partial charge in [0.15, 0.2) is 0 Å². The summed E-state index contributed by atoms with van der Waals surface area (Å²) < 4.78 is 13.0. The van der Waals surface area contributed by atoms with Crippen molar-refractivity contribution >= 4 is 22.6 Å². The van der Waals surface area contributed by atoms with Gasteiger partial charge in [-0.05, 0) is 53.6 Å². The van der Waals surface area contributed by atoms with E-state index < -0.39 is 0 Å². The summed E-state index contributed by atoms with van der Waals surface area (Å²) in [5.41, 5.74) is 2.58. The molecule has 0 spiro atoms. The minimum Gasteiger partial charge on any atom is -0.465 e. The van der Waals surface area contributed by atoms with Crippen LogP contribution in [-0.4, -0.2) is 6.61 Å². The Morgan fingerprint density at radius 3 is 2.84 bits per heavy atom. The number of hydrogen-bond donors (Lipinski definition) is 0. The molecule has 3 heteroatoms. The third kappa shape index (κ3) is 3.88. The van der Waals surface area contributed by atoms with Crippen LogP contribution < -0.4 is 4.74 Å². The molecule has 0 radical (unpaired) electrons. The van der Waals surface area contributed by atoms with Crippen LogP contribution in [0.25, 0.3) is 0 Å². The number of unbranched alkanes of at least 4 members (excludes halogenated alkanes) is 1. The average Bonchev–Trinajstić information content (AvgIpc) is 2.40. The Hall–Kier alpha value is -0.710. The summed E-state index contributed by atoms with van der Waals surface area (Å²) >= 11 is 2.34. The Labute approximate surface area is 129 Å². The molecule has 0 saturated heterocycles. The lowest BCUT2D eigenvalue weighted by Crippen LogP contribution is -2.14. The van der Waals surface area contributed by atoms with E-state index >= 15 is 0 Å². The van der Waals surface area contributed by atoms with Gasteiger partial charge in [0.05, 0.1) is 6.61 Å². The summed E-state index contributed by atoms with van der Waals surface area (Å²) in [6, 6.07) is 6.32. The van der Waals surface area contributed by atoms with Gasteiger partial charge in [-0.3, -0.25) is 0 Å². The van der Waals surface area contributed by atoms with Crippen molar-refractivity contribution in [1.29, 1.82) is 0 Å². The molecule has 104 valence electrons.